The van der Waals surface area contributed by atoms with Gasteiger partial charge in [0.25, 0.3) is 5.91 Å². The van der Waals surface area contributed by atoms with Crippen molar-refractivity contribution in [2.24, 2.45) is 0 Å². The maximum atomic E-state index is 13.1. The molecule has 0 radical (unpaired) electrons. The van der Waals surface area contributed by atoms with Crippen LogP contribution in [0.2, 0.25) is 0 Å². The molecule has 0 aliphatic carbocycles. The molecule has 0 aromatic heterocycles. The molecule has 2 aromatic carbocycles. The molecular formula is C24H23N3O5S2. The highest BCUT2D eigenvalue weighted by molar-refractivity contribution is 8.26. The van der Waals surface area contributed by atoms with E-state index in [1.54, 1.807) is 30.3 Å². The number of nitrogens with zero attached hydrogens (tertiary/aromatic N) is 3. The van der Waals surface area contributed by atoms with Crippen LogP contribution in [-0.4, -0.2) is 55.5 Å². The van der Waals surface area contributed by atoms with Crippen molar-refractivity contribution in [3.63, 3.8) is 0 Å². The van der Waals surface area contributed by atoms with Crippen LogP contribution in [0, 0.1) is 11.3 Å². The molecule has 8 nitrogen and oxygen atoms in total. The number of hydrogen-bond donors (Lipinski definition) is 0. The van der Waals surface area contributed by atoms with E-state index in [1.807, 2.05) is 18.2 Å². The zero-order valence-electron chi connectivity index (χ0n) is 18.9. The first-order chi connectivity index (χ1) is 16.4. The van der Waals surface area contributed by atoms with Crippen molar-refractivity contribution in [1.29, 1.82) is 5.26 Å². The molecule has 1 aliphatic heterocycles. The lowest BCUT2D eigenvalue weighted by Gasteiger charge is -2.24. The van der Waals surface area contributed by atoms with Crippen molar-refractivity contribution in [3.8, 4) is 23.3 Å². The monoisotopic (exact) mass is 497 g/mol. The molecule has 3 rings (SSSR count). The number of carbonyl (C=O) groups is 2. The number of nitriles is 1. The lowest BCUT2D eigenvalue weighted by molar-refractivity contribution is -0.127. The Morgan fingerprint density at radius 3 is 2.35 bits per heavy atom. The second-order valence-corrected chi connectivity index (χ2v) is 8.69. The third-order valence-electron chi connectivity index (χ3n) is 4.97. The van der Waals surface area contributed by atoms with E-state index in [0.29, 0.717) is 33.4 Å². The third kappa shape index (κ3) is 5.50. The molecule has 0 N–H and O–H groups in total. The Morgan fingerprint density at radius 2 is 1.79 bits per heavy atom. The molecule has 2 aromatic rings. The van der Waals surface area contributed by atoms with E-state index in [9.17, 15) is 9.59 Å². The highest BCUT2D eigenvalue weighted by Gasteiger charge is 2.34. The van der Waals surface area contributed by atoms with E-state index in [4.69, 9.17) is 31.7 Å². The number of para-hydroxylation sites is 1. The Kier molecular flexibility index (Phi) is 8.51. The maximum absolute atomic E-state index is 13.1. The smallest absolute Gasteiger partial charge is 0.266 e. The number of rotatable bonds is 9. The van der Waals surface area contributed by atoms with E-state index in [-0.39, 0.29) is 35.6 Å². The number of anilines is 1. The van der Waals surface area contributed by atoms with Crippen molar-refractivity contribution in [1.82, 2.24) is 4.90 Å². The summed E-state index contributed by atoms with van der Waals surface area (Å²) < 4.78 is 16.4. The number of amides is 2. The lowest BCUT2D eigenvalue weighted by atomic mass is 10.1. The molecule has 0 bridgehead atoms. The van der Waals surface area contributed by atoms with Crippen molar-refractivity contribution in [2.75, 3.05) is 39.3 Å². The summed E-state index contributed by atoms with van der Waals surface area (Å²) in [6.07, 6.45) is 1.83. The molecule has 0 saturated carbocycles. The van der Waals surface area contributed by atoms with Gasteiger partial charge in [-0.15, -0.1) is 0 Å². The van der Waals surface area contributed by atoms with Crippen LogP contribution in [0.1, 0.15) is 12.0 Å². The van der Waals surface area contributed by atoms with Gasteiger partial charge in [0.1, 0.15) is 10.9 Å². The number of methoxy groups -OCH3 is 3. The Hall–Kier alpha value is -3.55. The first-order valence-electron chi connectivity index (χ1n) is 10.2. The summed E-state index contributed by atoms with van der Waals surface area (Å²) >= 11 is 6.51. The minimum Gasteiger partial charge on any atom is -0.493 e. The Labute approximate surface area is 207 Å². The Bertz CT molecular complexity index is 1140. The normalized spacial score (nSPS) is 14.2. The highest BCUT2D eigenvalue weighted by atomic mass is 32.2. The van der Waals surface area contributed by atoms with Gasteiger partial charge in [-0.2, -0.15) is 5.26 Å². The molecule has 0 unspecified atom stereocenters. The fourth-order valence-electron chi connectivity index (χ4n) is 3.36. The fraction of sp³-hybridized carbons (Fsp3) is 0.250. The van der Waals surface area contributed by atoms with Crippen LogP contribution < -0.4 is 19.1 Å². The van der Waals surface area contributed by atoms with Crippen LogP contribution in [0.25, 0.3) is 6.08 Å². The van der Waals surface area contributed by atoms with Crippen molar-refractivity contribution < 1.29 is 23.8 Å². The van der Waals surface area contributed by atoms with Crippen LogP contribution in [0.4, 0.5) is 5.69 Å². The molecule has 34 heavy (non-hydrogen) atoms. The van der Waals surface area contributed by atoms with E-state index in [2.05, 4.69) is 6.07 Å². The lowest BCUT2D eigenvalue weighted by Crippen LogP contribution is -2.42. The van der Waals surface area contributed by atoms with Gasteiger partial charge >= 0.3 is 0 Å². The zero-order chi connectivity index (χ0) is 24.7. The van der Waals surface area contributed by atoms with Crippen LogP contribution in [0.15, 0.2) is 47.4 Å². The molecule has 0 spiro atoms. The van der Waals surface area contributed by atoms with Crippen LogP contribution in [0.3, 0.4) is 0 Å². The number of thioether (sulfide) groups is 1. The molecule has 1 heterocycles. The molecule has 1 fully saturated rings. The van der Waals surface area contributed by atoms with Gasteiger partial charge in [0, 0.05) is 12.2 Å². The van der Waals surface area contributed by atoms with Crippen molar-refractivity contribution in [2.45, 2.75) is 6.42 Å². The van der Waals surface area contributed by atoms with Gasteiger partial charge in [-0.05, 0) is 35.9 Å². The Morgan fingerprint density at radius 1 is 1.15 bits per heavy atom. The van der Waals surface area contributed by atoms with Gasteiger partial charge < -0.3 is 19.1 Å². The van der Waals surface area contributed by atoms with Crippen molar-refractivity contribution in [3.05, 3.63) is 52.9 Å². The largest absolute Gasteiger partial charge is 0.493 e. The van der Waals surface area contributed by atoms with E-state index < -0.39 is 0 Å². The molecule has 2 amide bonds. The molecule has 1 saturated heterocycles. The molecule has 1 aliphatic rings. The quantitative estimate of drug-likeness (QED) is 0.381. The van der Waals surface area contributed by atoms with Gasteiger partial charge in [0.05, 0.1) is 38.7 Å². The summed E-state index contributed by atoms with van der Waals surface area (Å²) in [4.78, 5) is 29.3. The summed E-state index contributed by atoms with van der Waals surface area (Å²) in [5.74, 6) is 0.653. The minimum atomic E-state index is -0.370. The SMILES string of the molecule is COc1cc(/C=C2/SC(=S)N(CC(=O)N(CCC#N)c3ccccc3)C2=O)cc(OC)c1OC. The first-order valence-corrected chi connectivity index (χ1v) is 11.4. The van der Waals surface area contributed by atoms with Gasteiger partial charge in [0.2, 0.25) is 11.7 Å². The maximum Gasteiger partial charge on any atom is 0.266 e. The number of hydrogen-bond acceptors (Lipinski definition) is 8. The average Bonchev–Trinajstić information content (AvgIpc) is 3.11. The Balaban J connectivity index is 1.84. The fourth-order valence-corrected chi connectivity index (χ4v) is 4.62. The number of thiocarbonyl (C=S) groups is 1. The van der Waals surface area contributed by atoms with Crippen LogP contribution >= 0.6 is 24.0 Å². The van der Waals surface area contributed by atoms with E-state index in [0.717, 1.165) is 11.8 Å². The van der Waals surface area contributed by atoms with Gasteiger partial charge in [0.15, 0.2) is 11.5 Å². The zero-order valence-corrected chi connectivity index (χ0v) is 20.6. The topological polar surface area (TPSA) is 92.1 Å². The summed E-state index contributed by atoms with van der Waals surface area (Å²) in [5, 5.41) is 8.98. The second kappa shape index (κ2) is 11.5. The van der Waals surface area contributed by atoms with Gasteiger partial charge in [-0.25, -0.2) is 0 Å². The second-order valence-electron chi connectivity index (χ2n) is 7.02. The predicted molar refractivity (Wildman–Crippen MR) is 135 cm³/mol. The van der Waals surface area contributed by atoms with E-state index in [1.165, 1.54) is 31.1 Å². The number of ether oxygens (including phenoxy) is 3. The molecule has 0 atom stereocenters. The standard InChI is InChI=1S/C24H23N3O5S2/c1-30-18-12-16(13-19(31-2)22(18)32-3)14-20-23(29)27(24(33)34-20)15-21(28)26(11-7-10-25)17-8-5-4-6-9-17/h4-6,8-9,12-14H,7,11,15H2,1-3H3/b20-14+. The summed E-state index contributed by atoms with van der Waals surface area (Å²) in [5.41, 5.74) is 1.31. The van der Waals surface area contributed by atoms with Crippen molar-refractivity contribution >= 4 is 51.9 Å². The predicted octanol–water partition coefficient (Wildman–Crippen LogP) is 3.86. The van der Waals surface area contributed by atoms with Crippen LogP contribution in [0.5, 0.6) is 17.2 Å². The molecule has 10 heteroatoms. The third-order valence-corrected chi connectivity index (χ3v) is 6.35. The summed E-state index contributed by atoms with van der Waals surface area (Å²) in [6, 6.07) is 14.5. The number of benzene rings is 2. The highest BCUT2D eigenvalue weighted by Crippen LogP contribution is 2.40. The average molecular weight is 498 g/mol. The first kappa shape index (κ1) is 25.1. The molecular weight excluding hydrogens is 474 g/mol. The van der Waals surface area contributed by atoms with Crippen LogP contribution in [-0.2, 0) is 9.59 Å². The van der Waals surface area contributed by atoms with Gasteiger partial charge in [-0.1, -0.05) is 42.2 Å². The number of carbonyl (C=O) groups excluding carboxylic acids is 2. The van der Waals surface area contributed by atoms with E-state index >= 15 is 0 Å². The van der Waals surface area contributed by atoms with Gasteiger partial charge in [-0.3, -0.25) is 14.5 Å². The molecule has 176 valence electrons. The summed E-state index contributed by atoms with van der Waals surface area (Å²) in [6.45, 7) is -0.00694. The summed E-state index contributed by atoms with van der Waals surface area (Å²) in [7, 11) is 4.53. The minimum absolute atomic E-state index is 0.167.